The van der Waals surface area contributed by atoms with Crippen molar-refractivity contribution in [1.82, 2.24) is 15.5 Å². The Morgan fingerprint density at radius 2 is 2.00 bits per heavy atom. The van der Waals surface area contributed by atoms with Crippen LogP contribution in [0.25, 0.3) is 0 Å². The smallest absolute Gasteiger partial charge is 0.191 e. The van der Waals surface area contributed by atoms with Gasteiger partial charge in [0, 0.05) is 13.1 Å². The number of furan rings is 1. The highest BCUT2D eigenvalue weighted by atomic mass is 127. The minimum atomic E-state index is 0. The molecule has 0 aromatic carbocycles. The van der Waals surface area contributed by atoms with E-state index in [0.717, 1.165) is 50.9 Å². The number of aliphatic imine (C=N–C) groups is 1. The lowest BCUT2D eigenvalue weighted by atomic mass is 10.3. The summed E-state index contributed by atoms with van der Waals surface area (Å²) in [6, 6.07) is 3.82. The number of hydrogen-bond acceptors (Lipinski definition) is 3. The molecule has 0 aliphatic carbocycles. The van der Waals surface area contributed by atoms with E-state index in [4.69, 9.17) is 4.42 Å². The second-order valence-corrected chi connectivity index (χ2v) is 4.58. The van der Waals surface area contributed by atoms with Gasteiger partial charge < -0.3 is 20.0 Å². The van der Waals surface area contributed by atoms with Crippen molar-refractivity contribution in [2.45, 2.75) is 33.7 Å². The molecule has 0 aliphatic heterocycles. The van der Waals surface area contributed by atoms with E-state index in [9.17, 15) is 0 Å². The highest BCUT2D eigenvalue weighted by molar-refractivity contribution is 14.0. The van der Waals surface area contributed by atoms with Crippen LogP contribution in [0.1, 0.15) is 33.0 Å². The Bertz CT molecular complexity index is 364. The van der Waals surface area contributed by atoms with Gasteiger partial charge in [0.05, 0.1) is 6.26 Å². The molecule has 0 unspecified atom stereocenters. The van der Waals surface area contributed by atoms with Crippen molar-refractivity contribution >= 4 is 29.9 Å². The van der Waals surface area contributed by atoms with Gasteiger partial charge in [0.1, 0.15) is 12.3 Å². The molecule has 1 heterocycles. The lowest BCUT2D eigenvalue weighted by Gasteiger charge is -2.18. The Morgan fingerprint density at radius 1 is 1.24 bits per heavy atom. The topological polar surface area (TPSA) is 52.8 Å². The summed E-state index contributed by atoms with van der Waals surface area (Å²) in [4.78, 5) is 6.93. The molecule has 0 saturated carbocycles. The first-order chi connectivity index (χ1) is 9.80. The monoisotopic (exact) mass is 408 g/mol. The highest BCUT2D eigenvalue weighted by Gasteiger charge is 2.01. The summed E-state index contributed by atoms with van der Waals surface area (Å²) in [5.74, 6) is 1.73. The summed E-state index contributed by atoms with van der Waals surface area (Å²) >= 11 is 0. The third-order valence-electron chi connectivity index (χ3n) is 3.16. The van der Waals surface area contributed by atoms with E-state index in [0.29, 0.717) is 6.54 Å². The number of halogens is 1. The Hall–Kier alpha value is -0.760. The van der Waals surface area contributed by atoms with Crippen molar-refractivity contribution in [1.29, 1.82) is 0 Å². The molecule has 0 spiro atoms. The van der Waals surface area contributed by atoms with Crippen LogP contribution >= 0.6 is 24.0 Å². The number of nitrogens with one attached hydrogen (secondary N) is 2. The second kappa shape index (κ2) is 12.9. The number of rotatable bonds is 9. The molecular formula is C15H29IN4O. The molecule has 1 aromatic heterocycles. The van der Waals surface area contributed by atoms with E-state index in [2.05, 4.69) is 41.3 Å². The van der Waals surface area contributed by atoms with Gasteiger partial charge in [0.15, 0.2) is 5.96 Å². The first-order valence-corrected chi connectivity index (χ1v) is 7.57. The first-order valence-electron chi connectivity index (χ1n) is 7.57. The number of nitrogens with zero attached hydrogens (tertiary/aromatic N) is 2. The molecule has 5 nitrogen and oxygen atoms in total. The van der Waals surface area contributed by atoms with Crippen molar-refractivity contribution in [2.24, 2.45) is 4.99 Å². The summed E-state index contributed by atoms with van der Waals surface area (Å²) in [5.41, 5.74) is 0. The quantitative estimate of drug-likeness (QED) is 0.286. The molecule has 0 fully saturated rings. The van der Waals surface area contributed by atoms with E-state index >= 15 is 0 Å². The van der Waals surface area contributed by atoms with Gasteiger partial charge in [-0.15, -0.1) is 24.0 Å². The van der Waals surface area contributed by atoms with Crippen LogP contribution in [0.4, 0.5) is 0 Å². The molecule has 1 rings (SSSR count). The van der Waals surface area contributed by atoms with Crippen LogP contribution in [0.15, 0.2) is 27.8 Å². The lowest BCUT2D eigenvalue weighted by Crippen LogP contribution is -2.38. The van der Waals surface area contributed by atoms with E-state index in [-0.39, 0.29) is 24.0 Å². The molecule has 21 heavy (non-hydrogen) atoms. The van der Waals surface area contributed by atoms with Gasteiger partial charge in [0.25, 0.3) is 0 Å². The first kappa shape index (κ1) is 20.2. The summed E-state index contributed by atoms with van der Waals surface area (Å²) < 4.78 is 5.28. The SMILES string of the molecule is CCNC(=NCc1ccco1)NCCCN(CC)CC.I. The van der Waals surface area contributed by atoms with Crippen LogP contribution in [0, 0.1) is 0 Å². The highest BCUT2D eigenvalue weighted by Crippen LogP contribution is 2.01. The zero-order valence-corrected chi connectivity index (χ0v) is 15.7. The normalized spacial score (nSPS) is 11.3. The Kier molecular flexibility index (Phi) is 12.5. The van der Waals surface area contributed by atoms with Crippen LogP contribution in [0.5, 0.6) is 0 Å². The zero-order chi connectivity index (χ0) is 14.6. The average Bonchev–Trinajstić information content (AvgIpc) is 2.98. The predicted molar refractivity (Wildman–Crippen MR) is 99.3 cm³/mol. The summed E-state index contributed by atoms with van der Waals surface area (Å²) in [5, 5.41) is 6.60. The van der Waals surface area contributed by atoms with Gasteiger partial charge in [-0.2, -0.15) is 0 Å². The predicted octanol–water partition coefficient (Wildman–Crippen LogP) is 2.68. The lowest BCUT2D eigenvalue weighted by molar-refractivity contribution is 0.300. The van der Waals surface area contributed by atoms with E-state index in [1.807, 2.05) is 12.1 Å². The molecule has 0 amide bonds. The van der Waals surface area contributed by atoms with Crippen LogP contribution in [0.3, 0.4) is 0 Å². The summed E-state index contributed by atoms with van der Waals surface area (Å²) in [7, 11) is 0. The van der Waals surface area contributed by atoms with Gasteiger partial charge in [-0.05, 0) is 45.1 Å². The fourth-order valence-corrected chi connectivity index (χ4v) is 1.95. The fourth-order valence-electron chi connectivity index (χ4n) is 1.95. The maximum absolute atomic E-state index is 5.28. The number of hydrogen-bond donors (Lipinski definition) is 2. The van der Waals surface area contributed by atoms with E-state index in [1.54, 1.807) is 6.26 Å². The third-order valence-corrected chi connectivity index (χ3v) is 3.16. The zero-order valence-electron chi connectivity index (χ0n) is 13.4. The van der Waals surface area contributed by atoms with Gasteiger partial charge in [-0.3, -0.25) is 0 Å². The minimum absolute atomic E-state index is 0. The van der Waals surface area contributed by atoms with Crippen molar-refractivity contribution in [3.63, 3.8) is 0 Å². The molecule has 6 heteroatoms. The Balaban J connectivity index is 0.00000400. The second-order valence-electron chi connectivity index (χ2n) is 4.58. The van der Waals surface area contributed by atoms with Crippen molar-refractivity contribution in [3.05, 3.63) is 24.2 Å². The van der Waals surface area contributed by atoms with Crippen LogP contribution in [-0.4, -0.2) is 43.6 Å². The van der Waals surface area contributed by atoms with Crippen LogP contribution < -0.4 is 10.6 Å². The molecule has 0 atom stereocenters. The largest absolute Gasteiger partial charge is 0.467 e. The maximum atomic E-state index is 5.28. The van der Waals surface area contributed by atoms with Gasteiger partial charge in [-0.1, -0.05) is 13.8 Å². The summed E-state index contributed by atoms with van der Waals surface area (Å²) in [6.45, 7) is 12.2. The standard InChI is InChI=1S/C15H28N4O.HI/c1-4-16-15(18-13-14-9-7-12-20-14)17-10-8-11-19(5-2)6-3;/h7,9,12H,4-6,8,10-11,13H2,1-3H3,(H2,16,17,18);1H. The maximum Gasteiger partial charge on any atom is 0.191 e. The molecule has 0 aliphatic rings. The van der Waals surface area contributed by atoms with Crippen molar-refractivity contribution in [3.8, 4) is 0 Å². The van der Waals surface area contributed by atoms with Gasteiger partial charge >= 0.3 is 0 Å². The van der Waals surface area contributed by atoms with Gasteiger partial charge in [-0.25, -0.2) is 4.99 Å². The van der Waals surface area contributed by atoms with Gasteiger partial charge in [0.2, 0.25) is 0 Å². The molecular weight excluding hydrogens is 379 g/mol. The number of guanidine groups is 1. The average molecular weight is 408 g/mol. The molecule has 2 N–H and O–H groups in total. The minimum Gasteiger partial charge on any atom is -0.467 e. The molecule has 0 radical (unpaired) electrons. The Labute approximate surface area is 145 Å². The summed E-state index contributed by atoms with van der Waals surface area (Å²) in [6.07, 6.45) is 2.79. The fraction of sp³-hybridized carbons (Fsp3) is 0.667. The van der Waals surface area contributed by atoms with E-state index < -0.39 is 0 Å². The molecule has 0 saturated heterocycles. The van der Waals surface area contributed by atoms with Crippen molar-refractivity contribution in [2.75, 3.05) is 32.7 Å². The third kappa shape index (κ3) is 8.98. The van der Waals surface area contributed by atoms with E-state index in [1.165, 1.54) is 0 Å². The van der Waals surface area contributed by atoms with Crippen LogP contribution in [0.2, 0.25) is 0 Å². The van der Waals surface area contributed by atoms with Crippen molar-refractivity contribution < 1.29 is 4.42 Å². The molecule has 0 bridgehead atoms. The molecule has 122 valence electrons. The van der Waals surface area contributed by atoms with Crippen LogP contribution in [-0.2, 0) is 6.54 Å². The molecule has 1 aromatic rings. The Morgan fingerprint density at radius 3 is 2.57 bits per heavy atom.